The van der Waals surface area contributed by atoms with Gasteiger partial charge in [-0.2, -0.15) is 0 Å². The summed E-state index contributed by atoms with van der Waals surface area (Å²) in [7, 11) is 3.97. The molecule has 0 aliphatic carbocycles. The zero-order valence-electron chi connectivity index (χ0n) is 10.9. The molecule has 0 radical (unpaired) electrons. The minimum atomic E-state index is -0.629. The molecule has 0 amide bonds. The van der Waals surface area contributed by atoms with Crippen molar-refractivity contribution < 1.29 is 5.11 Å². The lowest BCUT2D eigenvalue weighted by molar-refractivity contribution is 0.0328. The van der Waals surface area contributed by atoms with Crippen LogP contribution in [0.25, 0.3) is 0 Å². The Morgan fingerprint density at radius 2 is 2.00 bits per heavy atom. The molecule has 96 valence electrons. The molecule has 1 atom stereocenters. The molecule has 1 saturated heterocycles. The minimum Gasteiger partial charge on any atom is -0.388 e. The zero-order valence-corrected chi connectivity index (χ0v) is 10.9. The van der Waals surface area contributed by atoms with Gasteiger partial charge in [0.15, 0.2) is 0 Å². The van der Waals surface area contributed by atoms with E-state index in [0.29, 0.717) is 13.1 Å². The van der Waals surface area contributed by atoms with Gasteiger partial charge in [0.05, 0.1) is 5.60 Å². The van der Waals surface area contributed by atoms with Gasteiger partial charge in [-0.3, -0.25) is 0 Å². The summed E-state index contributed by atoms with van der Waals surface area (Å²) in [6.07, 6.45) is 2.51. The topological polar surface area (TPSA) is 47.5 Å². The van der Waals surface area contributed by atoms with Gasteiger partial charge in [-0.1, -0.05) is 0 Å². The average Bonchev–Trinajstić information content (AvgIpc) is 2.16. The van der Waals surface area contributed by atoms with Crippen molar-refractivity contribution in [2.45, 2.75) is 25.4 Å². The van der Waals surface area contributed by atoms with Crippen molar-refractivity contribution in [3.8, 4) is 0 Å². The number of likely N-dealkylation sites (N-methyl/N-ethyl adjacent to an activating group) is 1. The first kappa shape index (κ1) is 13.9. The van der Waals surface area contributed by atoms with Crippen LogP contribution in [0.5, 0.6) is 0 Å². The Balaban J connectivity index is 2.13. The molecular weight excluding hydrogens is 202 g/mol. The van der Waals surface area contributed by atoms with Crippen LogP contribution in [0.15, 0.2) is 0 Å². The molecule has 1 heterocycles. The van der Waals surface area contributed by atoms with Gasteiger partial charge in [0, 0.05) is 13.1 Å². The lowest BCUT2D eigenvalue weighted by atomic mass is 9.97. The lowest BCUT2D eigenvalue weighted by Gasteiger charge is -2.29. The lowest BCUT2D eigenvalue weighted by Crippen LogP contribution is -2.47. The Hall–Kier alpha value is -0.160. The normalized spacial score (nSPS) is 22.3. The SMILES string of the molecule is CN(C)CC(C)(O)CNCC1CCNCC1. The van der Waals surface area contributed by atoms with Crippen LogP contribution in [0.2, 0.25) is 0 Å². The smallest absolute Gasteiger partial charge is 0.0869 e. The number of rotatable bonds is 6. The van der Waals surface area contributed by atoms with Crippen molar-refractivity contribution in [2.24, 2.45) is 5.92 Å². The van der Waals surface area contributed by atoms with Gasteiger partial charge in [-0.15, -0.1) is 0 Å². The Kier molecular flexibility index (Phi) is 5.69. The molecule has 0 spiro atoms. The molecule has 1 rings (SSSR count). The van der Waals surface area contributed by atoms with Crippen LogP contribution in [-0.2, 0) is 0 Å². The first-order valence-corrected chi connectivity index (χ1v) is 6.28. The van der Waals surface area contributed by atoms with E-state index in [4.69, 9.17) is 0 Å². The van der Waals surface area contributed by atoms with Gasteiger partial charge in [0.1, 0.15) is 0 Å². The molecule has 1 aliphatic rings. The van der Waals surface area contributed by atoms with Crippen LogP contribution in [-0.4, -0.2) is 62.4 Å². The summed E-state index contributed by atoms with van der Waals surface area (Å²) in [5, 5.41) is 16.9. The van der Waals surface area contributed by atoms with Crippen LogP contribution in [0.3, 0.4) is 0 Å². The molecule has 0 aromatic carbocycles. The van der Waals surface area contributed by atoms with E-state index < -0.39 is 5.60 Å². The van der Waals surface area contributed by atoms with E-state index >= 15 is 0 Å². The molecule has 4 nitrogen and oxygen atoms in total. The molecule has 3 N–H and O–H groups in total. The van der Waals surface area contributed by atoms with Crippen LogP contribution in [0, 0.1) is 5.92 Å². The van der Waals surface area contributed by atoms with Crippen LogP contribution >= 0.6 is 0 Å². The van der Waals surface area contributed by atoms with Crippen molar-refractivity contribution in [3.63, 3.8) is 0 Å². The maximum absolute atomic E-state index is 10.1. The summed E-state index contributed by atoms with van der Waals surface area (Å²) in [5.74, 6) is 0.774. The number of nitrogens with one attached hydrogen (secondary N) is 2. The van der Waals surface area contributed by atoms with Gasteiger partial charge in [-0.25, -0.2) is 0 Å². The standard InChI is InChI=1S/C12H27N3O/c1-12(16,10-15(2)3)9-14-8-11-4-6-13-7-5-11/h11,13-14,16H,4-10H2,1-3H3. The third-order valence-electron chi connectivity index (χ3n) is 3.05. The van der Waals surface area contributed by atoms with Crippen molar-refractivity contribution in [1.29, 1.82) is 0 Å². The molecule has 16 heavy (non-hydrogen) atoms. The number of hydrogen-bond acceptors (Lipinski definition) is 4. The summed E-state index contributed by atoms with van der Waals surface area (Å²) in [4.78, 5) is 2.02. The number of hydrogen-bond donors (Lipinski definition) is 3. The highest BCUT2D eigenvalue weighted by molar-refractivity contribution is 4.79. The van der Waals surface area contributed by atoms with E-state index in [1.807, 2.05) is 25.9 Å². The predicted octanol–water partition coefficient (Wildman–Crippen LogP) is -0.112. The van der Waals surface area contributed by atoms with Crippen molar-refractivity contribution in [2.75, 3.05) is 46.8 Å². The second-order valence-electron chi connectivity index (χ2n) is 5.56. The van der Waals surface area contributed by atoms with Gasteiger partial charge in [0.25, 0.3) is 0 Å². The Bertz CT molecular complexity index is 189. The molecule has 0 bridgehead atoms. The molecule has 0 saturated carbocycles. The largest absolute Gasteiger partial charge is 0.388 e. The van der Waals surface area contributed by atoms with E-state index in [-0.39, 0.29) is 0 Å². The highest BCUT2D eigenvalue weighted by Gasteiger charge is 2.21. The molecular formula is C12H27N3O. The molecule has 4 heteroatoms. The van der Waals surface area contributed by atoms with Crippen LogP contribution in [0.4, 0.5) is 0 Å². The molecule has 1 fully saturated rings. The Morgan fingerprint density at radius 1 is 1.38 bits per heavy atom. The second kappa shape index (κ2) is 6.55. The van der Waals surface area contributed by atoms with E-state index in [0.717, 1.165) is 25.6 Å². The minimum absolute atomic E-state index is 0.629. The number of piperidine rings is 1. The highest BCUT2D eigenvalue weighted by atomic mass is 16.3. The maximum Gasteiger partial charge on any atom is 0.0869 e. The summed E-state index contributed by atoms with van der Waals surface area (Å²) in [6.45, 7) is 6.58. The highest BCUT2D eigenvalue weighted by Crippen LogP contribution is 2.10. The van der Waals surface area contributed by atoms with Crippen LogP contribution in [0.1, 0.15) is 19.8 Å². The number of nitrogens with zero attached hydrogens (tertiary/aromatic N) is 1. The predicted molar refractivity (Wildman–Crippen MR) is 67.6 cm³/mol. The molecule has 1 aliphatic heterocycles. The third-order valence-corrected chi connectivity index (χ3v) is 3.05. The van der Waals surface area contributed by atoms with Gasteiger partial charge >= 0.3 is 0 Å². The summed E-state index contributed by atoms with van der Waals surface area (Å²) >= 11 is 0. The summed E-state index contributed by atoms with van der Waals surface area (Å²) < 4.78 is 0. The Morgan fingerprint density at radius 3 is 2.56 bits per heavy atom. The average molecular weight is 229 g/mol. The summed E-state index contributed by atoms with van der Waals surface area (Å²) in [6, 6.07) is 0. The quantitative estimate of drug-likeness (QED) is 0.595. The van der Waals surface area contributed by atoms with Crippen molar-refractivity contribution >= 4 is 0 Å². The van der Waals surface area contributed by atoms with Gasteiger partial charge < -0.3 is 20.6 Å². The fraction of sp³-hybridized carbons (Fsp3) is 1.00. The van der Waals surface area contributed by atoms with E-state index in [1.165, 1.54) is 12.8 Å². The fourth-order valence-electron chi connectivity index (χ4n) is 2.37. The van der Waals surface area contributed by atoms with Crippen molar-refractivity contribution in [3.05, 3.63) is 0 Å². The van der Waals surface area contributed by atoms with E-state index in [9.17, 15) is 5.11 Å². The van der Waals surface area contributed by atoms with E-state index in [2.05, 4.69) is 10.6 Å². The first-order valence-electron chi connectivity index (χ1n) is 6.28. The molecule has 1 unspecified atom stereocenters. The van der Waals surface area contributed by atoms with Crippen molar-refractivity contribution in [1.82, 2.24) is 15.5 Å². The van der Waals surface area contributed by atoms with Gasteiger partial charge in [0.2, 0.25) is 0 Å². The molecule has 0 aromatic rings. The first-order chi connectivity index (χ1) is 7.49. The zero-order chi connectivity index (χ0) is 12.0. The van der Waals surface area contributed by atoms with Gasteiger partial charge in [-0.05, 0) is 59.4 Å². The fourth-order valence-corrected chi connectivity index (χ4v) is 2.37. The second-order valence-corrected chi connectivity index (χ2v) is 5.56. The Labute approximate surface area is 99.4 Å². The maximum atomic E-state index is 10.1. The monoisotopic (exact) mass is 229 g/mol. The van der Waals surface area contributed by atoms with E-state index in [1.54, 1.807) is 0 Å². The number of aliphatic hydroxyl groups is 1. The third kappa shape index (κ3) is 5.80. The van der Waals surface area contributed by atoms with Crippen LogP contribution < -0.4 is 10.6 Å². The molecule has 0 aromatic heterocycles. The summed E-state index contributed by atoms with van der Waals surface area (Å²) in [5.41, 5.74) is -0.629.